The summed E-state index contributed by atoms with van der Waals surface area (Å²) < 4.78 is 9.59. The highest BCUT2D eigenvalue weighted by molar-refractivity contribution is 5.69. The largest absolute Gasteiger partial charge is 0.464 e. The van der Waals surface area contributed by atoms with Gasteiger partial charge in [-0.2, -0.15) is 0 Å². The summed E-state index contributed by atoms with van der Waals surface area (Å²) in [5, 5.41) is 8.47. The zero-order valence-corrected chi connectivity index (χ0v) is 10.6. The molecule has 1 fully saturated rings. The molecule has 0 amide bonds. The lowest BCUT2D eigenvalue weighted by Crippen LogP contribution is -2.35. The third kappa shape index (κ3) is 4.14. The van der Waals surface area contributed by atoms with Gasteiger partial charge >= 0.3 is 5.97 Å². The zero-order chi connectivity index (χ0) is 13.5. The highest BCUT2D eigenvalue weighted by Gasteiger charge is 2.33. The SMILES string of the molecule is C=C1CC(C)C(OC=O)C(CCC(=O)OCO)C1. The molecule has 3 unspecified atom stereocenters. The van der Waals surface area contributed by atoms with Gasteiger partial charge in [0.25, 0.3) is 6.47 Å². The molecule has 1 N–H and O–H groups in total. The van der Waals surface area contributed by atoms with Gasteiger partial charge in [-0.15, -0.1) is 0 Å². The van der Waals surface area contributed by atoms with Gasteiger partial charge in [0.15, 0.2) is 6.79 Å². The van der Waals surface area contributed by atoms with Crippen LogP contribution in [0.2, 0.25) is 0 Å². The van der Waals surface area contributed by atoms with Gasteiger partial charge in [-0.3, -0.25) is 9.59 Å². The van der Waals surface area contributed by atoms with E-state index >= 15 is 0 Å². The van der Waals surface area contributed by atoms with E-state index in [0.29, 0.717) is 12.9 Å². The topological polar surface area (TPSA) is 72.8 Å². The molecular formula is C13H20O5. The van der Waals surface area contributed by atoms with E-state index in [2.05, 4.69) is 11.3 Å². The van der Waals surface area contributed by atoms with Gasteiger partial charge in [-0.05, 0) is 25.2 Å². The van der Waals surface area contributed by atoms with E-state index in [0.717, 1.165) is 18.4 Å². The lowest BCUT2D eigenvalue weighted by molar-refractivity contribution is -0.152. The normalized spacial score (nSPS) is 27.7. The molecule has 102 valence electrons. The minimum Gasteiger partial charge on any atom is -0.464 e. The molecule has 5 heteroatoms. The summed E-state index contributed by atoms with van der Waals surface area (Å²) in [6, 6.07) is 0. The van der Waals surface area contributed by atoms with Gasteiger partial charge in [0.2, 0.25) is 0 Å². The second-order valence-corrected chi connectivity index (χ2v) is 4.78. The molecule has 0 aromatic heterocycles. The Morgan fingerprint density at radius 2 is 2.28 bits per heavy atom. The number of rotatable bonds is 6. The van der Waals surface area contributed by atoms with Crippen LogP contribution in [0.3, 0.4) is 0 Å². The molecule has 3 atom stereocenters. The van der Waals surface area contributed by atoms with E-state index in [1.165, 1.54) is 0 Å². The van der Waals surface area contributed by atoms with Crippen molar-refractivity contribution in [1.29, 1.82) is 0 Å². The second-order valence-electron chi connectivity index (χ2n) is 4.78. The van der Waals surface area contributed by atoms with Crippen molar-refractivity contribution in [2.75, 3.05) is 6.79 Å². The Labute approximate surface area is 107 Å². The number of aliphatic hydroxyl groups is 1. The van der Waals surface area contributed by atoms with Crippen LogP contribution in [-0.2, 0) is 19.1 Å². The molecule has 0 aromatic rings. The Balaban J connectivity index is 2.54. The van der Waals surface area contributed by atoms with Gasteiger partial charge in [0.05, 0.1) is 0 Å². The van der Waals surface area contributed by atoms with E-state index in [9.17, 15) is 9.59 Å². The standard InChI is InChI=1S/C13H20O5/c1-9-5-10(2)13(18-8-15)11(6-9)3-4-12(16)17-7-14/h8,10-11,13-14H,1,3-7H2,2H3. The molecule has 0 spiro atoms. The molecule has 1 saturated carbocycles. The summed E-state index contributed by atoms with van der Waals surface area (Å²) in [5.41, 5.74) is 1.12. The third-order valence-corrected chi connectivity index (χ3v) is 3.34. The molecule has 0 heterocycles. The second kappa shape index (κ2) is 7.16. The van der Waals surface area contributed by atoms with Gasteiger partial charge in [-0.25, -0.2) is 0 Å². The zero-order valence-electron chi connectivity index (χ0n) is 10.6. The van der Waals surface area contributed by atoms with Crippen LogP contribution in [0, 0.1) is 11.8 Å². The Morgan fingerprint density at radius 3 is 2.89 bits per heavy atom. The lowest BCUT2D eigenvalue weighted by Gasteiger charge is -2.36. The number of esters is 1. The van der Waals surface area contributed by atoms with Crippen LogP contribution in [0.4, 0.5) is 0 Å². The minimum atomic E-state index is -0.596. The van der Waals surface area contributed by atoms with Crippen LogP contribution in [0.25, 0.3) is 0 Å². The highest BCUT2D eigenvalue weighted by Crippen LogP contribution is 2.36. The van der Waals surface area contributed by atoms with Crippen LogP contribution in [-0.4, -0.2) is 30.4 Å². The molecule has 0 aromatic carbocycles. The number of carbonyl (C=O) groups is 2. The van der Waals surface area contributed by atoms with Crippen LogP contribution in [0.1, 0.15) is 32.6 Å². The first-order valence-corrected chi connectivity index (χ1v) is 6.10. The van der Waals surface area contributed by atoms with E-state index in [1.54, 1.807) is 0 Å². The fourth-order valence-corrected chi connectivity index (χ4v) is 2.63. The van der Waals surface area contributed by atoms with Gasteiger partial charge in [-0.1, -0.05) is 19.1 Å². The Morgan fingerprint density at radius 1 is 1.56 bits per heavy atom. The van der Waals surface area contributed by atoms with Gasteiger partial charge in [0, 0.05) is 12.3 Å². The molecule has 1 rings (SSSR count). The maximum absolute atomic E-state index is 11.2. The summed E-state index contributed by atoms with van der Waals surface area (Å²) >= 11 is 0. The summed E-state index contributed by atoms with van der Waals surface area (Å²) in [6.45, 7) is 5.85. The highest BCUT2D eigenvalue weighted by atomic mass is 16.6. The predicted octanol–water partition coefficient (Wildman–Crippen LogP) is 1.40. The number of ether oxygens (including phenoxy) is 2. The molecule has 18 heavy (non-hydrogen) atoms. The predicted molar refractivity (Wildman–Crippen MR) is 64.4 cm³/mol. The summed E-state index contributed by atoms with van der Waals surface area (Å²) in [5.74, 6) is -0.126. The maximum atomic E-state index is 11.2. The Hall–Kier alpha value is -1.36. The van der Waals surface area contributed by atoms with Crippen molar-refractivity contribution in [3.8, 4) is 0 Å². The number of hydrogen-bond donors (Lipinski definition) is 1. The van der Waals surface area contributed by atoms with Crippen LogP contribution in [0.5, 0.6) is 0 Å². The summed E-state index contributed by atoms with van der Waals surface area (Å²) in [6.07, 6.45) is 2.21. The summed E-state index contributed by atoms with van der Waals surface area (Å²) in [4.78, 5) is 21.7. The first-order valence-electron chi connectivity index (χ1n) is 6.10. The molecule has 1 aliphatic carbocycles. The van der Waals surface area contributed by atoms with Crippen molar-refractivity contribution in [2.45, 2.75) is 38.7 Å². The molecule has 0 bridgehead atoms. The van der Waals surface area contributed by atoms with Crippen LogP contribution >= 0.6 is 0 Å². The quantitative estimate of drug-likeness (QED) is 0.336. The van der Waals surface area contributed by atoms with Gasteiger partial charge in [0.1, 0.15) is 6.10 Å². The summed E-state index contributed by atoms with van der Waals surface area (Å²) in [7, 11) is 0. The minimum absolute atomic E-state index is 0.0951. The molecule has 1 aliphatic rings. The van der Waals surface area contributed by atoms with Crippen molar-refractivity contribution < 1.29 is 24.2 Å². The number of carbonyl (C=O) groups excluding carboxylic acids is 2. The molecule has 0 radical (unpaired) electrons. The van der Waals surface area contributed by atoms with Crippen molar-refractivity contribution >= 4 is 12.4 Å². The van der Waals surface area contributed by atoms with Crippen molar-refractivity contribution in [3.63, 3.8) is 0 Å². The first-order chi connectivity index (χ1) is 8.58. The fourth-order valence-electron chi connectivity index (χ4n) is 2.63. The monoisotopic (exact) mass is 256 g/mol. The van der Waals surface area contributed by atoms with Gasteiger partial charge < -0.3 is 14.6 Å². The van der Waals surface area contributed by atoms with Crippen LogP contribution < -0.4 is 0 Å². The number of aliphatic hydroxyl groups excluding tert-OH is 1. The maximum Gasteiger partial charge on any atom is 0.307 e. The Kier molecular flexibility index (Phi) is 5.85. The van der Waals surface area contributed by atoms with Crippen molar-refractivity contribution in [1.82, 2.24) is 0 Å². The van der Waals surface area contributed by atoms with E-state index < -0.39 is 12.8 Å². The van der Waals surface area contributed by atoms with E-state index in [1.807, 2.05) is 6.92 Å². The van der Waals surface area contributed by atoms with E-state index in [4.69, 9.17) is 9.84 Å². The smallest absolute Gasteiger partial charge is 0.307 e. The van der Waals surface area contributed by atoms with Crippen molar-refractivity contribution in [2.24, 2.45) is 11.8 Å². The average Bonchev–Trinajstić information content (AvgIpc) is 2.31. The van der Waals surface area contributed by atoms with E-state index in [-0.39, 0.29) is 24.4 Å². The average molecular weight is 256 g/mol. The molecular weight excluding hydrogens is 236 g/mol. The number of hydrogen-bond acceptors (Lipinski definition) is 5. The fraction of sp³-hybridized carbons (Fsp3) is 0.692. The first kappa shape index (κ1) is 14.7. The lowest BCUT2D eigenvalue weighted by atomic mass is 9.75. The third-order valence-electron chi connectivity index (χ3n) is 3.34. The molecule has 5 nitrogen and oxygen atoms in total. The van der Waals surface area contributed by atoms with Crippen LogP contribution in [0.15, 0.2) is 12.2 Å². The Bertz CT molecular complexity index is 313. The molecule has 0 aliphatic heterocycles. The number of allylic oxidation sites excluding steroid dienone is 1. The van der Waals surface area contributed by atoms with Crippen molar-refractivity contribution in [3.05, 3.63) is 12.2 Å². The molecule has 0 saturated heterocycles.